The summed E-state index contributed by atoms with van der Waals surface area (Å²) < 4.78 is 13.6. The SMILES string of the molecule is Cc1ccc(F)c(NC2CCCC(C)C2)c1. The van der Waals surface area contributed by atoms with E-state index < -0.39 is 0 Å². The molecule has 2 heteroatoms. The third kappa shape index (κ3) is 2.75. The molecule has 0 aromatic heterocycles. The maximum Gasteiger partial charge on any atom is 0.146 e. The summed E-state index contributed by atoms with van der Waals surface area (Å²) in [5, 5.41) is 3.35. The molecule has 1 aliphatic carbocycles. The van der Waals surface area contributed by atoms with Gasteiger partial charge < -0.3 is 5.32 Å². The lowest BCUT2D eigenvalue weighted by Gasteiger charge is -2.28. The van der Waals surface area contributed by atoms with E-state index in [9.17, 15) is 4.39 Å². The van der Waals surface area contributed by atoms with Crippen molar-refractivity contribution in [1.29, 1.82) is 0 Å². The summed E-state index contributed by atoms with van der Waals surface area (Å²) in [6.45, 7) is 4.27. The van der Waals surface area contributed by atoms with Crippen molar-refractivity contribution in [2.24, 2.45) is 5.92 Å². The number of rotatable bonds is 2. The molecule has 1 fully saturated rings. The number of anilines is 1. The molecular weight excluding hydrogens is 201 g/mol. The Labute approximate surface area is 97.1 Å². The van der Waals surface area contributed by atoms with Gasteiger partial charge in [0, 0.05) is 6.04 Å². The average Bonchev–Trinajstić information content (AvgIpc) is 2.24. The smallest absolute Gasteiger partial charge is 0.146 e. The van der Waals surface area contributed by atoms with E-state index in [4.69, 9.17) is 0 Å². The molecule has 2 unspecified atom stereocenters. The van der Waals surface area contributed by atoms with Crippen LogP contribution in [0, 0.1) is 18.7 Å². The first kappa shape index (κ1) is 11.4. The molecule has 2 atom stereocenters. The molecule has 0 aliphatic heterocycles. The van der Waals surface area contributed by atoms with E-state index in [-0.39, 0.29) is 5.82 Å². The predicted octanol–water partition coefficient (Wildman–Crippen LogP) is 4.12. The molecule has 1 aliphatic rings. The van der Waals surface area contributed by atoms with Crippen LogP contribution >= 0.6 is 0 Å². The predicted molar refractivity (Wildman–Crippen MR) is 66.2 cm³/mol. The van der Waals surface area contributed by atoms with Gasteiger partial charge in [0.2, 0.25) is 0 Å². The first-order chi connectivity index (χ1) is 7.65. The number of hydrogen-bond acceptors (Lipinski definition) is 1. The minimum atomic E-state index is -0.135. The Hall–Kier alpha value is -1.05. The van der Waals surface area contributed by atoms with Crippen molar-refractivity contribution < 1.29 is 4.39 Å². The van der Waals surface area contributed by atoms with Crippen LogP contribution in [0.4, 0.5) is 10.1 Å². The van der Waals surface area contributed by atoms with Gasteiger partial charge in [0.25, 0.3) is 0 Å². The highest BCUT2D eigenvalue weighted by Crippen LogP contribution is 2.27. The highest BCUT2D eigenvalue weighted by molar-refractivity contribution is 5.47. The van der Waals surface area contributed by atoms with Crippen LogP contribution in [0.2, 0.25) is 0 Å². The van der Waals surface area contributed by atoms with Crippen LogP contribution in [0.5, 0.6) is 0 Å². The molecular formula is C14H20FN. The molecule has 0 bridgehead atoms. The highest BCUT2D eigenvalue weighted by atomic mass is 19.1. The normalized spacial score (nSPS) is 25.4. The van der Waals surface area contributed by atoms with Gasteiger partial charge in [-0.05, 0) is 43.4 Å². The molecule has 1 nitrogen and oxygen atoms in total. The molecule has 16 heavy (non-hydrogen) atoms. The molecule has 1 saturated carbocycles. The second-order valence-corrected chi connectivity index (χ2v) is 5.10. The fourth-order valence-electron chi connectivity index (χ4n) is 2.53. The van der Waals surface area contributed by atoms with Crippen LogP contribution in [-0.2, 0) is 0 Å². The summed E-state index contributed by atoms with van der Waals surface area (Å²) >= 11 is 0. The van der Waals surface area contributed by atoms with Gasteiger partial charge in [0.05, 0.1) is 5.69 Å². The van der Waals surface area contributed by atoms with Crippen LogP contribution in [0.15, 0.2) is 18.2 Å². The van der Waals surface area contributed by atoms with Crippen LogP contribution < -0.4 is 5.32 Å². The number of halogens is 1. The van der Waals surface area contributed by atoms with Crippen LogP contribution in [0.3, 0.4) is 0 Å². The van der Waals surface area contributed by atoms with E-state index in [1.807, 2.05) is 19.1 Å². The summed E-state index contributed by atoms with van der Waals surface area (Å²) in [5.74, 6) is 0.628. The summed E-state index contributed by atoms with van der Waals surface area (Å²) in [6, 6.07) is 5.70. The van der Waals surface area contributed by atoms with Crippen LogP contribution in [-0.4, -0.2) is 6.04 Å². The van der Waals surface area contributed by atoms with E-state index in [0.29, 0.717) is 11.7 Å². The number of nitrogens with one attached hydrogen (secondary N) is 1. The van der Waals surface area contributed by atoms with Crippen molar-refractivity contribution in [2.45, 2.75) is 45.6 Å². The van der Waals surface area contributed by atoms with Crippen molar-refractivity contribution in [2.75, 3.05) is 5.32 Å². The van der Waals surface area contributed by atoms with Crippen molar-refractivity contribution in [3.63, 3.8) is 0 Å². The summed E-state index contributed by atoms with van der Waals surface area (Å²) in [5.41, 5.74) is 1.77. The van der Waals surface area contributed by atoms with Gasteiger partial charge in [-0.25, -0.2) is 4.39 Å². The summed E-state index contributed by atoms with van der Waals surface area (Å²) in [6.07, 6.45) is 4.89. The Kier molecular flexibility index (Phi) is 3.47. The zero-order valence-corrected chi connectivity index (χ0v) is 10.1. The summed E-state index contributed by atoms with van der Waals surface area (Å²) in [7, 11) is 0. The van der Waals surface area contributed by atoms with E-state index in [1.54, 1.807) is 6.07 Å². The fourth-order valence-corrected chi connectivity index (χ4v) is 2.53. The molecule has 0 heterocycles. The van der Waals surface area contributed by atoms with E-state index >= 15 is 0 Å². The number of benzene rings is 1. The van der Waals surface area contributed by atoms with E-state index in [2.05, 4.69) is 12.2 Å². The Bertz CT molecular complexity index is 362. The molecule has 88 valence electrons. The lowest BCUT2D eigenvalue weighted by Crippen LogP contribution is -2.26. The highest BCUT2D eigenvalue weighted by Gasteiger charge is 2.19. The molecule has 1 aromatic carbocycles. The van der Waals surface area contributed by atoms with Crippen molar-refractivity contribution in [3.8, 4) is 0 Å². The standard InChI is InChI=1S/C14H20FN/c1-10-4-3-5-12(8-10)16-14-9-11(2)6-7-13(14)15/h6-7,9-10,12,16H,3-5,8H2,1-2H3. The molecule has 0 spiro atoms. The average molecular weight is 221 g/mol. The summed E-state index contributed by atoms with van der Waals surface area (Å²) in [4.78, 5) is 0. The number of aryl methyl sites for hydroxylation is 1. The zero-order valence-electron chi connectivity index (χ0n) is 10.1. The Morgan fingerprint density at radius 1 is 1.31 bits per heavy atom. The van der Waals surface area contributed by atoms with E-state index in [1.165, 1.54) is 12.8 Å². The van der Waals surface area contributed by atoms with Gasteiger partial charge in [0.15, 0.2) is 0 Å². The minimum Gasteiger partial charge on any atom is -0.380 e. The Morgan fingerprint density at radius 3 is 2.88 bits per heavy atom. The number of hydrogen-bond donors (Lipinski definition) is 1. The van der Waals surface area contributed by atoms with Gasteiger partial charge >= 0.3 is 0 Å². The first-order valence-corrected chi connectivity index (χ1v) is 6.18. The van der Waals surface area contributed by atoms with Gasteiger partial charge in [0.1, 0.15) is 5.82 Å². The second kappa shape index (κ2) is 4.86. The minimum absolute atomic E-state index is 0.135. The fraction of sp³-hybridized carbons (Fsp3) is 0.571. The van der Waals surface area contributed by atoms with Gasteiger partial charge in [-0.15, -0.1) is 0 Å². The topological polar surface area (TPSA) is 12.0 Å². The lowest BCUT2D eigenvalue weighted by molar-refractivity contribution is 0.358. The third-order valence-electron chi connectivity index (χ3n) is 3.42. The molecule has 2 rings (SSSR count). The first-order valence-electron chi connectivity index (χ1n) is 6.18. The monoisotopic (exact) mass is 221 g/mol. The lowest BCUT2D eigenvalue weighted by atomic mass is 9.87. The maximum absolute atomic E-state index is 13.6. The molecule has 0 amide bonds. The maximum atomic E-state index is 13.6. The van der Waals surface area contributed by atoms with Gasteiger partial charge in [-0.3, -0.25) is 0 Å². The Balaban J connectivity index is 2.05. The molecule has 1 aromatic rings. The zero-order chi connectivity index (χ0) is 11.5. The third-order valence-corrected chi connectivity index (χ3v) is 3.42. The Morgan fingerprint density at radius 2 is 2.12 bits per heavy atom. The van der Waals surface area contributed by atoms with Crippen molar-refractivity contribution >= 4 is 5.69 Å². The molecule has 1 N–H and O–H groups in total. The van der Waals surface area contributed by atoms with Crippen LogP contribution in [0.25, 0.3) is 0 Å². The molecule has 0 radical (unpaired) electrons. The largest absolute Gasteiger partial charge is 0.380 e. The van der Waals surface area contributed by atoms with Crippen molar-refractivity contribution in [1.82, 2.24) is 0 Å². The van der Waals surface area contributed by atoms with Gasteiger partial charge in [-0.1, -0.05) is 25.8 Å². The van der Waals surface area contributed by atoms with Gasteiger partial charge in [-0.2, -0.15) is 0 Å². The quantitative estimate of drug-likeness (QED) is 0.792. The molecule has 0 saturated heterocycles. The second-order valence-electron chi connectivity index (χ2n) is 5.10. The van der Waals surface area contributed by atoms with E-state index in [0.717, 1.165) is 24.3 Å². The van der Waals surface area contributed by atoms with Crippen LogP contribution in [0.1, 0.15) is 38.2 Å². The van der Waals surface area contributed by atoms with Crippen molar-refractivity contribution in [3.05, 3.63) is 29.6 Å².